The molecule has 1 aliphatic heterocycles. The number of fused-ring (bicyclic) bond motifs is 1. The molecule has 6 heteroatoms. The fourth-order valence-electron chi connectivity index (χ4n) is 4.80. The van der Waals surface area contributed by atoms with Gasteiger partial charge in [-0.1, -0.05) is 59.8 Å². The molecule has 208 valence electrons. The van der Waals surface area contributed by atoms with Gasteiger partial charge in [0.2, 0.25) is 0 Å². The number of unbranched alkanes of at least 4 members (excludes halogenated alkanes) is 1. The van der Waals surface area contributed by atoms with E-state index < -0.39 is 0 Å². The van der Waals surface area contributed by atoms with Gasteiger partial charge in [-0.15, -0.1) is 0 Å². The molecule has 0 spiro atoms. The molecule has 1 heterocycles. The summed E-state index contributed by atoms with van der Waals surface area (Å²) in [5.74, 6) is 1.72. The van der Waals surface area contributed by atoms with Crippen LogP contribution < -0.4 is 26.5 Å². The highest BCUT2D eigenvalue weighted by Gasteiger charge is 2.30. The van der Waals surface area contributed by atoms with Crippen LogP contribution in [0, 0.1) is 0 Å². The van der Waals surface area contributed by atoms with Crippen molar-refractivity contribution < 1.29 is 31.0 Å². The summed E-state index contributed by atoms with van der Waals surface area (Å²) in [4.78, 5) is 0. The molecule has 0 aromatic heterocycles. The third-order valence-electron chi connectivity index (χ3n) is 6.85. The van der Waals surface area contributed by atoms with Crippen LogP contribution in [0.4, 0.5) is 0 Å². The Morgan fingerprint density at radius 1 is 1.05 bits per heavy atom. The van der Waals surface area contributed by atoms with Crippen LogP contribution in [0.1, 0.15) is 82.9 Å². The quantitative estimate of drug-likeness (QED) is 0.150. The Morgan fingerprint density at radius 3 is 2.55 bits per heavy atom. The van der Waals surface area contributed by atoms with Crippen molar-refractivity contribution >= 4 is 28.9 Å². The molecule has 0 aliphatic carbocycles. The lowest BCUT2D eigenvalue weighted by Gasteiger charge is -2.23. The molecule has 2 aromatic rings. The molecule has 38 heavy (non-hydrogen) atoms. The number of ether oxygens (including phenoxy) is 2. The number of halogens is 3. The van der Waals surface area contributed by atoms with Crippen molar-refractivity contribution in [3.05, 3.63) is 80.4 Å². The van der Waals surface area contributed by atoms with Crippen molar-refractivity contribution in [3.8, 4) is 11.5 Å². The summed E-state index contributed by atoms with van der Waals surface area (Å²) in [6.45, 7) is 11.1. The smallest absolute Gasteiger partial charge is 0.184 e. The molecule has 0 bridgehead atoms. The topological polar surface area (TPSA) is 21.5 Å². The van der Waals surface area contributed by atoms with Crippen LogP contribution in [0.15, 0.2) is 53.6 Å². The Bertz CT molecular complexity index is 1170. The molecule has 0 N–H and O–H groups in total. The molecule has 3 rings (SSSR count). The Kier molecular flexibility index (Phi) is 14.0. The second-order valence-electron chi connectivity index (χ2n) is 10.1. The van der Waals surface area contributed by atoms with Gasteiger partial charge in [-0.3, -0.25) is 0 Å². The summed E-state index contributed by atoms with van der Waals surface area (Å²) in [6, 6.07) is 9.97. The van der Waals surface area contributed by atoms with Gasteiger partial charge in [0.25, 0.3) is 0 Å². The third kappa shape index (κ3) is 9.17. The normalized spacial score (nSPS) is 13.1. The van der Waals surface area contributed by atoms with Crippen LogP contribution in [0.25, 0.3) is 0 Å². The maximum absolute atomic E-state index is 6.57. The first-order chi connectivity index (χ1) is 17.8. The van der Waals surface area contributed by atoms with E-state index in [-0.39, 0.29) is 17.0 Å². The summed E-state index contributed by atoms with van der Waals surface area (Å²) in [5, 5.41) is 1.47. The first-order valence-electron chi connectivity index (χ1n) is 13.5. The van der Waals surface area contributed by atoms with Gasteiger partial charge >= 0.3 is 0 Å². The number of allylic oxidation sites excluding steroid dienone is 4. The van der Waals surface area contributed by atoms with Crippen molar-refractivity contribution in [2.24, 2.45) is 0 Å². The Labute approximate surface area is 250 Å². The minimum Gasteiger partial charge on any atom is -1.00 e. The lowest BCUT2D eigenvalue weighted by molar-refractivity contribution is -0.545. The molecular formula is C32H42BrCl2NO2. The molecule has 0 saturated heterocycles. The van der Waals surface area contributed by atoms with Gasteiger partial charge in [-0.2, -0.15) is 0 Å². The highest BCUT2D eigenvalue weighted by molar-refractivity contribution is 6.33. The van der Waals surface area contributed by atoms with Crippen molar-refractivity contribution in [1.82, 2.24) is 0 Å². The molecule has 2 aromatic carbocycles. The van der Waals surface area contributed by atoms with E-state index in [2.05, 4.69) is 56.6 Å². The second kappa shape index (κ2) is 16.4. The fourth-order valence-corrected chi connectivity index (χ4v) is 5.17. The van der Waals surface area contributed by atoms with Gasteiger partial charge in [0, 0.05) is 34.6 Å². The Balaban J connectivity index is 0.00000507. The average molecular weight is 624 g/mol. The lowest BCUT2D eigenvalue weighted by Crippen LogP contribution is -3.00. The molecule has 0 amide bonds. The summed E-state index contributed by atoms with van der Waals surface area (Å²) >= 11 is 12.9. The molecule has 0 unspecified atom stereocenters. The second-order valence-corrected chi connectivity index (χ2v) is 10.9. The van der Waals surface area contributed by atoms with Crippen LogP contribution in [0.2, 0.25) is 10.0 Å². The van der Waals surface area contributed by atoms with Crippen molar-refractivity contribution in [1.29, 1.82) is 0 Å². The molecule has 0 atom stereocenters. The minimum atomic E-state index is 0. The third-order valence-corrected chi connectivity index (χ3v) is 7.45. The predicted molar refractivity (Wildman–Crippen MR) is 158 cm³/mol. The van der Waals surface area contributed by atoms with E-state index in [9.17, 15) is 0 Å². The fraction of sp³-hybridized carbons (Fsp3) is 0.469. The minimum absolute atomic E-state index is 0. The highest BCUT2D eigenvalue weighted by atomic mass is 79.9. The van der Waals surface area contributed by atoms with Gasteiger partial charge in [-0.05, 0) is 76.8 Å². The molecule has 3 nitrogen and oxygen atoms in total. The molecule has 0 saturated carbocycles. The number of hydrogen-bond donors (Lipinski definition) is 0. The summed E-state index contributed by atoms with van der Waals surface area (Å²) in [7, 11) is 1.72. The monoisotopic (exact) mass is 621 g/mol. The Hall–Kier alpha value is -1.75. The van der Waals surface area contributed by atoms with E-state index in [0.717, 1.165) is 80.1 Å². The van der Waals surface area contributed by atoms with Crippen LogP contribution in [0.5, 0.6) is 11.5 Å². The largest absolute Gasteiger partial charge is 1.00 e. The first kappa shape index (κ1) is 32.5. The van der Waals surface area contributed by atoms with Crippen molar-refractivity contribution in [3.63, 3.8) is 0 Å². The van der Waals surface area contributed by atoms with Crippen molar-refractivity contribution in [2.45, 2.75) is 79.2 Å². The highest BCUT2D eigenvalue weighted by Crippen LogP contribution is 2.37. The van der Waals surface area contributed by atoms with Crippen LogP contribution >= 0.6 is 23.2 Å². The number of nitrogens with zero attached hydrogens (tertiary/aromatic N) is 1. The number of benzene rings is 2. The zero-order valence-corrected chi connectivity index (χ0v) is 26.6. The zero-order valence-electron chi connectivity index (χ0n) is 23.5. The van der Waals surface area contributed by atoms with Crippen molar-refractivity contribution in [2.75, 3.05) is 20.3 Å². The standard InChI is InChI=1S/C32H42Cl2NO2.BrH/c1-6-7-20-37-32-28-18-19-35(22-25-21-26(33)14-16-29(25)34)30(27(28)15-17-31(32)36-5)13-9-12-24(4)11-8-10-23(2)3;/h10,12,14-17,21H,6-9,11,13,18-20,22H2,1-5H3;1H/q+1;/p-1. The Morgan fingerprint density at radius 2 is 1.84 bits per heavy atom. The number of methoxy groups -OCH3 is 1. The maximum Gasteiger partial charge on any atom is 0.184 e. The summed E-state index contributed by atoms with van der Waals surface area (Å²) < 4.78 is 14.5. The zero-order chi connectivity index (χ0) is 26.8. The lowest BCUT2D eigenvalue weighted by atomic mass is 9.92. The summed E-state index contributed by atoms with van der Waals surface area (Å²) in [5.41, 5.74) is 7.71. The van der Waals surface area contributed by atoms with Crippen LogP contribution in [-0.4, -0.2) is 30.5 Å². The number of hydrogen-bond acceptors (Lipinski definition) is 2. The van der Waals surface area contributed by atoms with Gasteiger partial charge in [0.05, 0.1) is 18.7 Å². The molecular weight excluding hydrogens is 581 g/mol. The van der Waals surface area contributed by atoms with E-state index >= 15 is 0 Å². The van der Waals surface area contributed by atoms with E-state index in [1.165, 1.54) is 28.0 Å². The molecule has 0 radical (unpaired) electrons. The van der Waals surface area contributed by atoms with Gasteiger partial charge in [0.1, 0.15) is 6.54 Å². The van der Waals surface area contributed by atoms with Gasteiger partial charge in [0.15, 0.2) is 23.8 Å². The van der Waals surface area contributed by atoms with E-state index in [4.69, 9.17) is 32.7 Å². The SMILES string of the molecule is CCCCOc1c(OC)ccc2c1CC[N+](Cc1cc(Cl)ccc1Cl)=C2CCC=C(C)CCC=C(C)C.[Br-]. The predicted octanol–water partition coefficient (Wildman–Crippen LogP) is 6.22. The first-order valence-corrected chi connectivity index (χ1v) is 14.3. The maximum atomic E-state index is 6.57. The van der Waals surface area contributed by atoms with E-state index in [1.807, 2.05) is 18.2 Å². The number of rotatable bonds is 13. The summed E-state index contributed by atoms with van der Waals surface area (Å²) in [6.07, 6.45) is 11.9. The average Bonchev–Trinajstić information content (AvgIpc) is 2.87. The van der Waals surface area contributed by atoms with E-state index in [0.29, 0.717) is 11.6 Å². The van der Waals surface area contributed by atoms with Gasteiger partial charge < -0.3 is 26.5 Å². The van der Waals surface area contributed by atoms with E-state index in [1.54, 1.807) is 7.11 Å². The van der Waals surface area contributed by atoms with Crippen LogP contribution in [0.3, 0.4) is 0 Å². The molecule has 1 aliphatic rings. The molecule has 0 fully saturated rings. The van der Waals surface area contributed by atoms with Gasteiger partial charge in [-0.25, -0.2) is 4.58 Å². The van der Waals surface area contributed by atoms with Crippen LogP contribution in [-0.2, 0) is 13.0 Å².